The van der Waals surface area contributed by atoms with Gasteiger partial charge in [-0.1, -0.05) is 6.07 Å². The molecule has 31 heavy (non-hydrogen) atoms. The van der Waals surface area contributed by atoms with E-state index in [1.807, 2.05) is 17.5 Å². The van der Waals surface area contributed by atoms with Crippen LogP contribution in [-0.4, -0.2) is 42.0 Å². The molecule has 0 bridgehead atoms. The van der Waals surface area contributed by atoms with E-state index in [0.717, 1.165) is 4.88 Å². The minimum Gasteiger partial charge on any atom is -0.493 e. The number of rotatable bonds is 8. The Morgan fingerprint density at radius 1 is 1.29 bits per heavy atom. The number of carbonyl (C=O) groups is 1. The van der Waals surface area contributed by atoms with E-state index in [0.29, 0.717) is 33.4 Å². The van der Waals surface area contributed by atoms with Gasteiger partial charge in [-0.2, -0.15) is 10.4 Å². The first kappa shape index (κ1) is 22.3. The van der Waals surface area contributed by atoms with Crippen LogP contribution in [0, 0.1) is 16.1 Å². The second-order valence-corrected chi connectivity index (χ2v) is 7.74. The average molecular weight is 460 g/mol. The molecular formula is C20H21N5O4S2. The summed E-state index contributed by atoms with van der Waals surface area (Å²) < 4.78 is 17.9. The summed E-state index contributed by atoms with van der Waals surface area (Å²) in [5.74, 6) is 1.34. The molecule has 11 heteroatoms. The van der Waals surface area contributed by atoms with Crippen LogP contribution < -0.4 is 19.5 Å². The van der Waals surface area contributed by atoms with Gasteiger partial charge in [-0.25, -0.2) is 0 Å². The van der Waals surface area contributed by atoms with Gasteiger partial charge in [0.05, 0.1) is 32.3 Å². The smallest absolute Gasteiger partial charge is 0.244 e. The van der Waals surface area contributed by atoms with Crippen LogP contribution >= 0.6 is 23.6 Å². The Labute approximate surface area is 188 Å². The molecule has 162 valence electrons. The van der Waals surface area contributed by atoms with Crippen molar-refractivity contribution >= 4 is 29.5 Å². The van der Waals surface area contributed by atoms with Crippen molar-refractivity contribution in [2.75, 3.05) is 21.3 Å². The third-order valence-electron chi connectivity index (χ3n) is 4.65. The summed E-state index contributed by atoms with van der Waals surface area (Å²) in [4.78, 5) is 13.9. The molecule has 0 radical (unpaired) electrons. The molecule has 2 unspecified atom stereocenters. The Morgan fingerprint density at radius 3 is 2.48 bits per heavy atom. The van der Waals surface area contributed by atoms with Gasteiger partial charge in [0, 0.05) is 0 Å². The van der Waals surface area contributed by atoms with Crippen molar-refractivity contribution in [3.05, 3.63) is 40.0 Å². The molecule has 0 saturated carbocycles. The van der Waals surface area contributed by atoms with Gasteiger partial charge in [-0.3, -0.25) is 14.5 Å². The summed E-state index contributed by atoms with van der Waals surface area (Å²) in [7, 11) is 4.46. The van der Waals surface area contributed by atoms with Crippen LogP contribution in [0.4, 0.5) is 0 Å². The molecule has 0 aliphatic carbocycles. The molecule has 1 amide bonds. The van der Waals surface area contributed by atoms with Crippen LogP contribution in [0.2, 0.25) is 0 Å². The Morgan fingerprint density at radius 2 is 1.97 bits per heavy atom. The minimum absolute atomic E-state index is 0.312. The molecule has 3 rings (SSSR count). The van der Waals surface area contributed by atoms with Crippen molar-refractivity contribution < 1.29 is 19.0 Å². The van der Waals surface area contributed by atoms with E-state index in [1.54, 1.807) is 23.6 Å². The van der Waals surface area contributed by atoms with Crippen molar-refractivity contribution in [1.29, 1.82) is 5.26 Å². The minimum atomic E-state index is -0.949. The average Bonchev–Trinajstić information content (AvgIpc) is 3.45. The fraction of sp³-hybridized carbons (Fsp3) is 0.300. The number of thiophene rings is 1. The Hall–Kier alpha value is -3.36. The summed E-state index contributed by atoms with van der Waals surface area (Å²) in [6.45, 7) is 1.70. The van der Waals surface area contributed by atoms with E-state index in [4.69, 9.17) is 26.4 Å². The van der Waals surface area contributed by atoms with Crippen molar-refractivity contribution in [3.63, 3.8) is 0 Å². The van der Waals surface area contributed by atoms with E-state index in [2.05, 4.69) is 21.6 Å². The van der Waals surface area contributed by atoms with Crippen LogP contribution in [0.5, 0.6) is 17.2 Å². The zero-order valence-corrected chi connectivity index (χ0v) is 19.0. The van der Waals surface area contributed by atoms with Crippen molar-refractivity contribution in [1.82, 2.24) is 20.1 Å². The second kappa shape index (κ2) is 9.63. The lowest BCUT2D eigenvalue weighted by atomic mass is 10.1. The van der Waals surface area contributed by atoms with Crippen LogP contribution in [0.15, 0.2) is 29.6 Å². The molecule has 0 aliphatic heterocycles. The van der Waals surface area contributed by atoms with Crippen LogP contribution in [-0.2, 0) is 4.79 Å². The number of methoxy groups -OCH3 is 3. The molecule has 2 heterocycles. The standard InChI is InChI=1S/C20H21N5O4S2/c1-11(25-18(23-24-20(25)30)16-6-5-7-31-16)19(26)22-13(10-21)12-8-14(27-2)17(29-4)15(9-12)28-3/h5-9,11,13H,1-4H3,(H,22,26)(H,24,30). The Kier molecular flexibility index (Phi) is 6.94. The quantitative estimate of drug-likeness (QED) is 0.494. The third-order valence-corrected chi connectivity index (χ3v) is 5.80. The molecule has 0 fully saturated rings. The number of nitrogens with zero attached hydrogens (tertiary/aromatic N) is 3. The molecule has 9 nitrogen and oxygen atoms in total. The fourth-order valence-corrected chi connectivity index (χ4v) is 4.08. The summed E-state index contributed by atoms with van der Waals surface area (Å²) in [5, 5.41) is 21.4. The number of aromatic nitrogens is 3. The Bertz CT molecular complexity index is 1140. The molecule has 0 saturated heterocycles. The van der Waals surface area contributed by atoms with Gasteiger partial charge in [-0.15, -0.1) is 11.3 Å². The van der Waals surface area contributed by atoms with Gasteiger partial charge in [-0.05, 0) is 48.3 Å². The summed E-state index contributed by atoms with van der Waals surface area (Å²) in [6, 6.07) is 7.49. The zero-order chi connectivity index (χ0) is 22.5. The SMILES string of the molecule is COc1cc(C(C#N)NC(=O)C(C)n2c(-c3cccs3)n[nH]c2=S)cc(OC)c1OC. The van der Waals surface area contributed by atoms with Crippen LogP contribution in [0.25, 0.3) is 10.7 Å². The maximum Gasteiger partial charge on any atom is 0.244 e. The second-order valence-electron chi connectivity index (χ2n) is 6.41. The molecule has 0 spiro atoms. The Balaban J connectivity index is 1.90. The topological polar surface area (TPSA) is 114 Å². The number of amides is 1. The predicted molar refractivity (Wildman–Crippen MR) is 118 cm³/mol. The monoisotopic (exact) mass is 459 g/mol. The number of nitrogens with one attached hydrogen (secondary N) is 2. The number of nitriles is 1. The predicted octanol–water partition coefficient (Wildman–Crippen LogP) is 3.64. The van der Waals surface area contributed by atoms with Gasteiger partial charge in [0.1, 0.15) is 12.1 Å². The van der Waals surface area contributed by atoms with Crippen molar-refractivity contribution in [2.45, 2.75) is 19.0 Å². The van der Waals surface area contributed by atoms with Gasteiger partial charge < -0.3 is 19.5 Å². The summed E-state index contributed by atoms with van der Waals surface area (Å²) >= 11 is 6.81. The van der Waals surface area contributed by atoms with Crippen LogP contribution in [0.1, 0.15) is 24.6 Å². The normalized spacial score (nSPS) is 12.5. The van der Waals surface area contributed by atoms with E-state index < -0.39 is 18.0 Å². The lowest BCUT2D eigenvalue weighted by Crippen LogP contribution is -2.34. The van der Waals surface area contributed by atoms with E-state index in [-0.39, 0.29) is 0 Å². The maximum atomic E-state index is 13.0. The first-order chi connectivity index (χ1) is 14.9. The highest BCUT2D eigenvalue weighted by Crippen LogP contribution is 2.39. The van der Waals surface area contributed by atoms with Crippen LogP contribution in [0.3, 0.4) is 0 Å². The first-order valence-corrected chi connectivity index (χ1v) is 10.4. The lowest BCUT2D eigenvalue weighted by molar-refractivity contribution is -0.124. The molecule has 0 aliphatic rings. The number of aromatic amines is 1. The molecule has 3 aromatic rings. The largest absolute Gasteiger partial charge is 0.493 e. The van der Waals surface area contributed by atoms with Crippen molar-refractivity contribution in [2.24, 2.45) is 0 Å². The van der Waals surface area contributed by atoms with Crippen molar-refractivity contribution in [3.8, 4) is 34.0 Å². The molecule has 1 aromatic carbocycles. The zero-order valence-electron chi connectivity index (χ0n) is 17.3. The summed E-state index contributed by atoms with van der Waals surface area (Å²) in [5.41, 5.74) is 0.492. The fourth-order valence-electron chi connectivity index (χ4n) is 3.08. The van der Waals surface area contributed by atoms with Gasteiger partial charge in [0.25, 0.3) is 0 Å². The molecule has 2 aromatic heterocycles. The van der Waals surface area contributed by atoms with E-state index in [1.165, 1.54) is 32.7 Å². The number of H-pyrrole nitrogens is 1. The highest BCUT2D eigenvalue weighted by atomic mass is 32.1. The lowest BCUT2D eigenvalue weighted by Gasteiger charge is -2.20. The third kappa shape index (κ3) is 4.40. The number of benzene rings is 1. The number of hydrogen-bond donors (Lipinski definition) is 2. The number of carbonyl (C=O) groups excluding carboxylic acids is 1. The molecular weight excluding hydrogens is 438 g/mol. The van der Waals surface area contributed by atoms with Gasteiger partial charge >= 0.3 is 0 Å². The number of hydrogen-bond acceptors (Lipinski definition) is 8. The van der Waals surface area contributed by atoms with Gasteiger partial charge in [0.15, 0.2) is 22.1 Å². The highest BCUT2D eigenvalue weighted by molar-refractivity contribution is 7.71. The number of ether oxygens (including phenoxy) is 3. The van der Waals surface area contributed by atoms with E-state index in [9.17, 15) is 10.1 Å². The maximum absolute atomic E-state index is 13.0. The summed E-state index contributed by atoms with van der Waals surface area (Å²) in [6.07, 6.45) is 0. The van der Waals surface area contributed by atoms with Gasteiger partial charge in [0.2, 0.25) is 11.7 Å². The molecule has 2 atom stereocenters. The van der Waals surface area contributed by atoms with E-state index >= 15 is 0 Å². The molecule has 2 N–H and O–H groups in total. The first-order valence-electron chi connectivity index (χ1n) is 9.15. The highest BCUT2D eigenvalue weighted by Gasteiger charge is 2.25.